The normalized spacial score (nSPS) is 27.0. The molecule has 1 fully saturated rings. The third kappa shape index (κ3) is 2.50. The molecule has 2 rings (SSSR count). The lowest BCUT2D eigenvalue weighted by molar-refractivity contribution is -0.147. The summed E-state index contributed by atoms with van der Waals surface area (Å²) in [5.41, 5.74) is 0.165. The maximum Gasteiger partial charge on any atom is 0.328 e. The summed E-state index contributed by atoms with van der Waals surface area (Å²) in [5.74, 6) is -1.42. The maximum atomic E-state index is 12.2. The van der Waals surface area contributed by atoms with Crippen LogP contribution in [0, 0.1) is 16.7 Å². The van der Waals surface area contributed by atoms with Crippen molar-refractivity contribution >= 4 is 15.8 Å². The molecule has 0 heterocycles. The molecule has 0 N–H and O–H groups in total. The Morgan fingerprint density at radius 2 is 1.91 bits per heavy atom. The molecule has 118 valence electrons. The fraction of sp³-hybridized carbons (Fsp3) is 0.500. The molecule has 5 nitrogen and oxygen atoms in total. The van der Waals surface area contributed by atoms with Crippen molar-refractivity contribution in [2.24, 2.45) is 5.41 Å². The Kier molecular flexibility index (Phi) is 4.30. The number of ether oxygens (including phenoxy) is 1. The van der Waals surface area contributed by atoms with E-state index >= 15 is 0 Å². The van der Waals surface area contributed by atoms with Crippen molar-refractivity contribution in [3.05, 3.63) is 35.4 Å². The van der Waals surface area contributed by atoms with Gasteiger partial charge in [0.15, 0.2) is 15.3 Å². The van der Waals surface area contributed by atoms with Gasteiger partial charge in [0.25, 0.3) is 0 Å². The highest BCUT2D eigenvalue weighted by molar-refractivity contribution is 7.91. The van der Waals surface area contributed by atoms with Gasteiger partial charge < -0.3 is 4.74 Å². The first-order valence-electron chi connectivity index (χ1n) is 7.19. The van der Waals surface area contributed by atoms with E-state index in [1.807, 2.05) is 25.1 Å². The van der Waals surface area contributed by atoms with Crippen LogP contribution in [-0.4, -0.2) is 32.5 Å². The van der Waals surface area contributed by atoms with Crippen molar-refractivity contribution in [3.63, 3.8) is 0 Å². The summed E-state index contributed by atoms with van der Waals surface area (Å²) in [5, 5.41) is 8.46. The van der Waals surface area contributed by atoms with Gasteiger partial charge in [0, 0.05) is 12.2 Å². The summed E-state index contributed by atoms with van der Waals surface area (Å²) in [7, 11) is -3.55. The fourth-order valence-corrected chi connectivity index (χ4v) is 4.77. The average molecular weight is 321 g/mol. The Morgan fingerprint density at radius 1 is 1.32 bits per heavy atom. The Balaban J connectivity index is 2.47. The molecule has 1 aromatic rings. The molecule has 0 spiro atoms. The molecule has 0 bridgehead atoms. The van der Waals surface area contributed by atoms with Gasteiger partial charge in [-0.3, -0.25) is 4.79 Å². The molecule has 1 saturated carbocycles. The van der Waals surface area contributed by atoms with Crippen LogP contribution in [0.3, 0.4) is 0 Å². The minimum absolute atomic E-state index is 0.111. The van der Waals surface area contributed by atoms with Gasteiger partial charge in [0.05, 0.1) is 12.7 Å². The van der Waals surface area contributed by atoms with Crippen LogP contribution in [0.4, 0.5) is 0 Å². The zero-order valence-electron chi connectivity index (χ0n) is 12.9. The number of aryl methyl sites for hydroxylation is 1. The van der Waals surface area contributed by atoms with Crippen molar-refractivity contribution in [1.29, 1.82) is 5.26 Å². The smallest absolute Gasteiger partial charge is 0.328 e. The molecule has 0 unspecified atom stereocenters. The van der Waals surface area contributed by atoms with Crippen molar-refractivity contribution in [1.82, 2.24) is 0 Å². The zero-order valence-corrected chi connectivity index (χ0v) is 13.7. The standard InChI is InChI=1S/C16H19NO4S/c1-4-11-6-8-12(9-7-11)13-14(22(3,19)20)16(13,10-17)15(18)21-5-2/h6-9,13-14H,4-5H2,1-3H3/t13-,14+,16+/m1/s1. The Labute approximate surface area is 130 Å². The van der Waals surface area contributed by atoms with Crippen molar-refractivity contribution < 1.29 is 17.9 Å². The molecular formula is C16H19NO4S. The molecule has 1 aromatic carbocycles. The Morgan fingerprint density at radius 3 is 2.32 bits per heavy atom. The van der Waals surface area contributed by atoms with E-state index in [-0.39, 0.29) is 6.61 Å². The molecule has 0 radical (unpaired) electrons. The van der Waals surface area contributed by atoms with Gasteiger partial charge in [-0.15, -0.1) is 0 Å². The lowest BCUT2D eigenvalue weighted by Gasteiger charge is -2.08. The van der Waals surface area contributed by atoms with Crippen LogP contribution >= 0.6 is 0 Å². The molecule has 6 heteroatoms. The third-order valence-electron chi connectivity index (χ3n) is 4.14. The second-order valence-corrected chi connectivity index (χ2v) is 7.69. The lowest BCUT2D eigenvalue weighted by atomic mass is 9.99. The van der Waals surface area contributed by atoms with Crippen molar-refractivity contribution in [3.8, 4) is 6.07 Å². The molecule has 0 amide bonds. The number of sulfone groups is 1. The van der Waals surface area contributed by atoms with E-state index < -0.39 is 32.4 Å². The molecule has 0 aliphatic heterocycles. The summed E-state index contributed by atoms with van der Waals surface area (Å²) in [6.07, 6.45) is 1.92. The Bertz CT molecular complexity index is 718. The van der Waals surface area contributed by atoms with Gasteiger partial charge in [-0.2, -0.15) is 5.26 Å². The van der Waals surface area contributed by atoms with Gasteiger partial charge in [-0.25, -0.2) is 8.42 Å². The van der Waals surface area contributed by atoms with Crippen LogP contribution < -0.4 is 0 Å². The summed E-state index contributed by atoms with van der Waals surface area (Å²) >= 11 is 0. The number of benzene rings is 1. The number of carbonyl (C=O) groups excluding carboxylic acids is 1. The van der Waals surface area contributed by atoms with E-state index in [4.69, 9.17) is 4.74 Å². The molecule has 0 saturated heterocycles. The minimum atomic E-state index is -3.55. The minimum Gasteiger partial charge on any atom is -0.465 e. The highest BCUT2D eigenvalue weighted by Gasteiger charge is 2.76. The van der Waals surface area contributed by atoms with Crippen LogP contribution in [-0.2, 0) is 25.8 Å². The van der Waals surface area contributed by atoms with Gasteiger partial charge in [-0.05, 0) is 24.5 Å². The number of hydrogen-bond acceptors (Lipinski definition) is 5. The molecule has 3 atom stereocenters. The summed E-state index contributed by atoms with van der Waals surface area (Å²) < 4.78 is 29.0. The second-order valence-electron chi connectivity index (χ2n) is 5.52. The quantitative estimate of drug-likeness (QED) is 0.773. The molecular weight excluding hydrogens is 302 g/mol. The first kappa shape index (κ1) is 16.5. The highest BCUT2D eigenvalue weighted by Crippen LogP contribution is 2.63. The van der Waals surface area contributed by atoms with Crippen molar-refractivity contribution in [2.75, 3.05) is 12.9 Å². The molecule has 1 aliphatic carbocycles. The number of esters is 1. The van der Waals surface area contributed by atoms with Gasteiger partial charge in [0.2, 0.25) is 0 Å². The number of nitrogens with zero attached hydrogens (tertiary/aromatic N) is 1. The van der Waals surface area contributed by atoms with Crippen LogP contribution in [0.2, 0.25) is 0 Å². The topological polar surface area (TPSA) is 84.2 Å². The predicted molar refractivity (Wildman–Crippen MR) is 81.9 cm³/mol. The van der Waals surface area contributed by atoms with Crippen LogP contribution in [0.25, 0.3) is 0 Å². The molecule has 22 heavy (non-hydrogen) atoms. The van der Waals surface area contributed by atoms with E-state index in [1.165, 1.54) is 0 Å². The van der Waals surface area contributed by atoms with Gasteiger partial charge in [0.1, 0.15) is 5.25 Å². The van der Waals surface area contributed by atoms with Crippen LogP contribution in [0.5, 0.6) is 0 Å². The van der Waals surface area contributed by atoms with E-state index in [9.17, 15) is 18.5 Å². The van der Waals surface area contributed by atoms with Crippen LogP contribution in [0.1, 0.15) is 30.9 Å². The van der Waals surface area contributed by atoms with Gasteiger partial charge in [-0.1, -0.05) is 31.2 Å². The molecule has 0 aromatic heterocycles. The van der Waals surface area contributed by atoms with Crippen molar-refractivity contribution in [2.45, 2.75) is 31.4 Å². The number of hydrogen-bond donors (Lipinski definition) is 0. The summed E-state index contributed by atoms with van der Waals surface area (Å²) in [4.78, 5) is 12.2. The second kappa shape index (κ2) is 5.73. The average Bonchev–Trinajstić information content (AvgIpc) is 3.18. The monoisotopic (exact) mass is 321 g/mol. The van der Waals surface area contributed by atoms with E-state index in [0.717, 1.165) is 18.2 Å². The fourth-order valence-electron chi connectivity index (χ4n) is 3.01. The largest absolute Gasteiger partial charge is 0.465 e. The Hall–Kier alpha value is -1.87. The first-order valence-corrected chi connectivity index (χ1v) is 9.14. The zero-order chi connectivity index (χ0) is 16.5. The first-order chi connectivity index (χ1) is 10.3. The number of nitriles is 1. The SMILES string of the molecule is CCOC(=O)[C@@]1(C#N)[C@H](c2ccc(CC)cc2)[C@@H]1S(C)(=O)=O. The predicted octanol–water partition coefficient (Wildman–Crippen LogP) is 1.83. The number of carbonyl (C=O) groups is 1. The molecule has 1 aliphatic rings. The third-order valence-corrected chi connectivity index (χ3v) is 5.71. The highest BCUT2D eigenvalue weighted by atomic mass is 32.2. The summed E-state index contributed by atoms with van der Waals surface area (Å²) in [6, 6.07) is 9.28. The van der Waals surface area contributed by atoms with E-state index in [1.54, 1.807) is 19.1 Å². The van der Waals surface area contributed by atoms with Gasteiger partial charge >= 0.3 is 5.97 Å². The maximum absolute atomic E-state index is 12.2. The van der Waals surface area contributed by atoms with E-state index in [2.05, 4.69) is 0 Å². The number of rotatable bonds is 5. The van der Waals surface area contributed by atoms with E-state index in [0.29, 0.717) is 5.56 Å². The summed E-state index contributed by atoms with van der Waals surface area (Å²) in [6.45, 7) is 3.76. The van der Waals surface area contributed by atoms with Crippen LogP contribution in [0.15, 0.2) is 24.3 Å². The lowest BCUT2D eigenvalue weighted by Crippen LogP contribution is -2.24.